The Labute approximate surface area is 113 Å². The van der Waals surface area contributed by atoms with Gasteiger partial charge in [0.2, 0.25) is 10.0 Å². The van der Waals surface area contributed by atoms with Crippen molar-refractivity contribution >= 4 is 32.6 Å². The molecule has 0 spiro atoms. The number of hydrogen-bond acceptors (Lipinski definition) is 5. The zero-order valence-corrected chi connectivity index (χ0v) is 10.9. The number of nitrogens with zero attached hydrogens (tertiary/aromatic N) is 1. The van der Waals surface area contributed by atoms with Gasteiger partial charge in [0.15, 0.2) is 11.6 Å². The second kappa shape index (κ2) is 3.83. The predicted octanol–water partition coefficient (Wildman–Crippen LogP) is 1.96. The van der Waals surface area contributed by atoms with Crippen LogP contribution in [0.1, 0.15) is 0 Å². The van der Waals surface area contributed by atoms with Gasteiger partial charge in [0, 0.05) is 11.5 Å². The molecule has 2 aromatic carbocycles. The van der Waals surface area contributed by atoms with Gasteiger partial charge in [-0.15, -0.1) is 0 Å². The fraction of sp³-hybridized carbons (Fsp3) is 0.0833. The van der Waals surface area contributed by atoms with Gasteiger partial charge in [-0.25, -0.2) is 17.6 Å². The number of carbonyl (C=O) groups is 1. The molecule has 1 amide bonds. The van der Waals surface area contributed by atoms with Crippen molar-refractivity contribution in [2.45, 2.75) is 0 Å². The van der Waals surface area contributed by atoms with E-state index in [1.54, 1.807) is 0 Å². The van der Waals surface area contributed by atoms with Gasteiger partial charge in [-0.1, -0.05) is 12.1 Å². The third-order valence-electron chi connectivity index (χ3n) is 2.94. The Balaban J connectivity index is 2.48. The van der Waals surface area contributed by atoms with Crippen molar-refractivity contribution in [3.8, 4) is 11.5 Å². The fourth-order valence-electron chi connectivity index (χ4n) is 2.18. The highest BCUT2D eigenvalue weighted by Gasteiger charge is 2.35. The van der Waals surface area contributed by atoms with Crippen molar-refractivity contribution in [3.05, 3.63) is 30.1 Å². The van der Waals surface area contributed by atoms with Crippen molar-refractivity contribution in [2.24, 2.45) is 0 Å². The number of phenolic OH excluding ortho intramolecular Hbond substituents is 1. The molecule has 0 saturated carbocycles. The molecule has 1 N–H and O–H groups in total. The lowest BCUT2D eigenvalue weighted by Gasteiger charge is -2.26. The first-order valence-electron chi connectivity index (χ1n) is 5.47. The first kappa shape index (κ1) is 12.7. The third-order valence-corrected chi connectivity index (χ3v) is 3.95. The maximum atomic E-state index is 13.5. The van der Waals surface area contributed by atoms with E-state index in [1.807, 2.05) is 0 Å². The number of benzene rings is 2. The van der Waals surface area contributed by atoms with Crippen LogP contribution >= 0.6 is 0 Å². The molecule has 0 atom stereocenters. The minimum Gasteiger partial charge on any atom is -0.504 e. The quantitative estimate of drug-likeness (QED) is 0.870. The van der Waals surface area contributed by atoms with Crippen molar-refractivity contribution in [1.29, 1.82) is 0 Å². The summed E-state index contributed by atoms with van der Waals surface area (Å²) in [7, 11) is -3.90. The molecule has 0 radical (unpaired) electrons. The van der Waals surface area contributed by atoms with Crippen molar-refractivity contribution in [2.75, 3.05) is 10.6 Å². The largest absolute Gasteiger partial charge is 0.504 e. The monoisotopic (exact) mass is 297 g/mol. The molecule has 0 unspecified atom stereocenters. The third kappa shape index (κ3) is 1.61. The molecule has 3 rings (SSSR count). The summed E-state index contributed by atoms with van der Waals surface area (Å²) in [6, 6.07) is 5.04. The maximum absolute atomic E-state index is 13.5. The van der Waals surface area contributed by atoms with Crippen molar-refractivity contribution < 1.29 is 27.4 Å². The molecular formula is C12H8FNO5S. The minimum absolute atomic E-state index is 0.0200. The zero-order chi connectivity index (χ0) is 14.7. The minimum atomic E-state index is -3.90. The van der Waals surface area contributed by atoms with Gasteiger partial charge in [-0.2, -0.15) is 4.31 Å². The molecule has 20 heavy (non-hydrogen) atoms. The van der Waals surface area contributed by atoms with E-state index in [-0.39, 0.29) is 22.2 Å². The molecule has 1 heterocycles. The molecule has 1 aliphatic rings. The van der Waals surface area contributed by atoms with Gasteiger partial charge in [0.05, 0.1) is 17.3 Å². The van der Waals surface area contributed by atoms with Crippen LogP contribution in [-0.4, -0.2) is 25.9 Å². The van der Waals surface area contributed by atoms with Crippen LogP contribution in [0, 0.1) is 5.82 Å². The summed E-state index contributed by atoms with van der Waals surface area (Å²) >= 11 is 0. The van der Waals surface area contributed by atoms with Crippen LogP contribution in [0.25, 0.3) is 10.8 Å². The van der Waals surface area contributed by atoms with E-state index >= 15 is 0 Å². The second-order valence-corrected chi connectivity index (χ2v) is 6.13. The number of ether oxygens (including phenoxy) is 1. The summed E-state index contributed by atoms with van der Waals surface area (Å²) < 4.78 is 42.2. The Morgan fingerprint density at radius 1 is 1.35 bits per heavy atom. The maximum Gasteiger partial charge on any atom is 0.433 e. The SMILES string of the molecule is CS(=O)(=O)N1C(=O)Oc2cc(F)c(O)c3cccc1c23. The first-order valence-corrected chi connectivity index (χ1v) is 7.32. The van der Waals surface area contributed by atoms with Crippen LogP contribution in [0.5, 0.6) is 11.5 Å². The number of phenols is 1. The lowest BCUT2D eigenvalue weighted by Crippen LogP contribution is -2.40. The number of anilines is 1. The summed E-state index contributed by atoms with van der Waals surface area (Å²) in [6.07, 6.45) is -0.292. The van der Waals surface area contributed by atoms with Gasteiger partial charge in [0.25, 0.3) is 0 Å². The van der Waals surface area contributed by atoms with E-state index in [1.165, 1.54) is 18.2 Å². The first-order chi connectivity index (χ1) is 9.30. The average Bonchev–Trinajstić information content (AvgIpc) is 2.33. The average molecular weight is 297 g/mol. The highest BCUT2D eigenvalue weighted by atomic mass is 32.2. The molecule has 8 heteroatoms. The van der Waals surface area contributed by atoms with Crippen LogP contribution in [-0.2, 0) is 10.0 Å². The van der Waals surface area contributed by atoms with Gasteiger partial charge in [-0.05, 0) is 6.07 Å². The molecular weight excluding hydrogens is 289 g/mol. The number of carbonyl (C=O) groups excluding carboxylic acids is 1. The van der Waals surface area contributed by atoms with Crippen molar-refractivity contribution in [1.82, 2.24) is 0 Å². The Morgan fingerprint density at radius 3 is 2.70 bits per heavy atom. The van der Waals surface area contributed by atoms with Gasteiger partial charge >= 0.3 is 6.09 Å². The lowest BCUT2D eigenvalue weighted by atomic mass is 10.1. The summed E-state index contributed by atoms with van der Waals surface area (Å²) in [6.45, 7) is 0. The highest BCUT2D eigenvalue weighted by Crippen LogP contribution is 2.44. The number of amides is 1. The van der Waals surface area contributed by atoms with Gasteiger partial charge < -0.3 is 9.84 Å². The predicted molar refractivity (Wildman–Crippen MR) is 68.9 cm³/mol. The normalized spacial score (nSPS) is 14.5. The Kier molecular flexibility index (Phi) is 2.42. The smallest absolute Gasteiger partial charge is 0.433 e. The summed E-state index contributed by atoms with van der Waals surface area (Å²) in [5, 5.41) is 9.93. The zero-order valence-electron chi connectivity index (χ0n) is 10.1. The molecule has 104 valence electrons. The molecule has 0 saturated heterocycles. The van der Waals surface area contributed by atoms with Gasteiger partial charge in [0.1, 0.15) is 5.75 Å². The van der Waals surface area contributed by atoms with Crippen LogP contribution in [0.15, 0.2) is 24.3 Å². The van der Waals surface area contributed by atoms with Crippen LogP contribution in [0.3, 0.4) is 0 Å². The Morgan fingerprint density at radius 2 is 2.05 bits per heavy atom. The molecule has 2 aromatic rings. The number of halogens is 1. The summed E-state index contributed by atoms with van der Waals surface area (Å²) in [5.41, 5.74) is 0.0200. The topological polar surface area (TPSA) is 83.9 Å². The standard InChI is InChI=1S/C12H8FNO5S/c1-20(17,18)14-8-4-2-3-6-10(8)9(19-12(14)16)5-7(13)11(6)15/h2-5,15H,1H3. The van der Waals surface area contributed by atoms with Gasteiger partial charge in [-0.3, -0.25) is 0 Å². The second-order valence-electron chi connectivity index (χ2n) is 4.30. The fourth-order valence-corrected chi connectivity index (χ4v) is 3.00. The molecule has 1 aliphatic heterocycles. The van der Waals surface area contributed by atoms with Crippen LogP contribution < -0.4 is 9.04 Å². The van der Waals surface area contributed by atoms with Crippen molar-refractivity contribution in [3.63, 3.8) is 0 Å². The number of aromatic hydroxyl groups is 1. The highest BCUT2D eigenvalue weighted by molar-refractivity contribution is 7.92. The summed E-state index contributed by atoms with van der Waals surface area (Å²) in [4.78, 5) is 11.8. The Hall–Kier alpha value is -2.35. The molecule has 6 nitrogen and oxygen atoms in total. The van der Waals surface area contributed by atoms with E-state index in [9.17, 15) is 22.7 Å². The molecule has 0 fully saturated rings. The molecule has 0 aromatic heterocycles. The van der Waals surface area contributed by atoms with E-state index in [4.69, 9.17) is 4.74 Å². The number of hydrogen-bond donors (Lipinski definition) is 1. The van der Waals surface area contributed by atoms with E-state index in [0.717, 1.165) is 12.3 Å². The molecule has 0 bridgehead atoms. The van der Waals surface area contributed by atoms with E-state index in [0.29, 0.717) is 4.31 Å². The number of sulfonamides is 1. The van der Waals surface area contributed by atoms with E-state index < -0.39 is 27.7 Å². The van der Waals surface area contributed by atoms with Crippen LogP contribution in [0.2, 0.25) is 0 Å². The van der Waals surface area contributed by atoms with Crippen LogP contribution in [0.4, 0.5) is 14.9 Å². The Bertz CT molecular complexity index is 862. The summed E-state index contributed by atoms with van der Waals surface area (Å²) in [5.74, 6) is -1.71. The number of rotatable bonds is 1. The molecule has 0 aliphatic carbocycles. The lowest BCUT2D eigenvalue weighted by molar-refractivity contribution is 0.211. The van der Waals surface area contributed by atoms with E-state index in [2.05, 4.69) is 0 Å².